The van der Waals surface area contributed by atoms with Gasteiger partial charge in [-0.1, -0.05) is 48.5 Å². The quantitative estimate of drug-likeness (QED) is 0.0763. The molecule has 0 saturated carbocycles. The van der Waals surface area contributed by atoms with Gasteiger partial charge in [0.15, 0.2) is 11.6 Å². The third-order valence-electron chi connectivity index (χ3n) is 13.2. The third-order valence-corrected chi connectivity index (χ3v) is 13.2. The van der Waals surface area contributed by atoms with Crippen molar-refractivity contribution in [2.24, 2.45) is 23.7 Å². The summed E-state index contributed by atoms with van der Waals surface area (Å²) in [5.41, 5.74) is 2.50. The molecule has 4 aromatic rings. The van der Waals surface area contributed by atoms with Gasteiger partial charge in [-0.2, -0.15) is 0 Å². The molecule has 332 valence electrons. The number of carbonyl (C=O) groups is 3. The number of phenols is 2. The number of unbranched alkanes of at least 4 members (excludes halogenated alkanes) is 2. The molecule has 2 aliphatic heterocycles. The lowest BCUT2D eigenvalue weighted by Crippen LogP contribution is -2.56. The van der Waals surface area contributed by atoms with Crippen LogP contribution in [0.2, 0.25) is 0 Å². The van der Waals surface area contributed by atoms with Crippen molar-refractivity contribution in [3.8, 4) is 11.5 Å². The first-order chi connectivity index (χ1) is 29.6. The number of piperidine rings is 2. The summed E-state index contributed by atoms with van der Waals surface area (Å²) in [6.07, 6.45) is 3.47. The lowest BCUT2D eigenvalue weighted by molar-refractivity contribution is -0.133. The first kappa shape index (κ1) is 46.7. The summed E-state index contributed by atoms with van der Waals surface area (Å²) in [4.78, 5) is 54.7. The smallest absolute Gasteiger partial charge is 0.167 e. The Labute approximate surface area is 366 Å². The average molecular weight is 851 g/mol. The van der Waals surface area contributed by atoms with Crippen LogP contribution in [0.25, 0.3) is 0 Å². The number of halogens is 2. The Morgan fingerprint density at radius 2 is 0.935 bits per heavy atom. The molecule has 11 heteroatoms. The van der Waals surface area contributed by atoms with Crippen LogP contribution in [0.3, 0.4) is 0 Å². The van der Waals surface area contributed by atoms with Crippen LogP contribution in [-0.2, 0) is 4.79 Å². The van der Waals surface area contributed by atoms with Crippen LogP contribution in [0.15, 0.2) is 84.9 Å². The number of likely N-dealkylation sites (tertiary alicyclic amines) is 2. The van der Waals surface area contributed by atoms with Crippen molar-refractivity contribution in [3.63, 3.8) is 0 Å². The van der Waals surface area contributed by atoms with Crippen LogP contribution in [0.1, 0.15) is 80.5 Å². The molecule has 6 atom stereocenters. The highest BCUT2D eigenvalue weighted by atomic mass is 19.1. The zero-order valence-corrected chi connectivity index (χ0v) is 37.2. The average Bonchev–Trinajstić information content (AvgIpc) is 3.24. The standard InChI is InChI=1S/C51H64F2N4O5/c1-33-39(19-13-21-45(33)52)47-41(49(60)35-15-11-17-37(58)27-35)29-56(25-9-7-23-54(3)4)31-43(47)51(62)44-32-57(26-10-8-24-55(5)6)30-42(50(61)36-16-12-18-38(59)28-36)48(44)40-20-14-22-46(53)34(40)2/h11-22,27-28,41-44,47-48,58-59H,7-10,23-26,29-32H2,1-6H3/t41-,42?,43+,44?,47-,48?/m0/s1. The fourth-order valence-electron chi connectivity index (χ4n) is 10.1. The number of carbonyl (C=O) groups excluding carboxylic acids is 3. The van der Waals surface area contributed by atoms with Crippen LogP contribution < -0.4 is 0 Å². The van der Waals surface area contributed by atoms with Crippen LogP contribution in [0.4, 0.5) is 8.78 Å². The molecule has 9 nitrogen and oxygen atoms in total. The molecule has 6 rings (SSSR count). The molecule has 2 heterocycles. The molecule has 2 fully saturated rings. The highest BCUT2D eigenvalue weighted by Gasteiger charge is 2.51. The molecule has 4 aromatic carbocycles. The Kier molecular flexibility index (Phi) is 15.8. The Balaban J connectivity index is 1.52. The monoisotopic (exact) mass is 850 g/mol. The summed E-state index contributed by atoms with van der Waals surface area (Å²) in [5.74, 6) is -6.27. The minimum atomic E-state index is -0.809. The van der Waals surface area contributed by atoms with Crippen LogP contribution in [0, 0.1) is 49.2 Å². The predicted octanol–water partition coefficient (Wildman–Crippen LogP) is 7.97. The first-order valence-corrected chi connectivity index (χ1v) is 22.1. The topological polar surface area (TPSA) is 105 Å². The number of aromatic hydroxyl groups is 2. The third kappa shape index (κ3) is 11.0. The molecule has 3 unspecified atom stereocenters. The maximum absolute atomic E-state index is 16.2. The van der Waals surface area contributed by atoms with Crippen molar-refractivity contribution < 1.29 is 33.4 Å². The van der Waals surface area contributed by atoms with Crippen LogP contribution >= 0.6 is 0 Å². The number of ketones is 3. The van der Waals surface area contributed by atoms with E-state index in [9.17, 15) is 19.8 Å². The molecule has 0 aliphatic carbocycles. The number of Topliss-reactive ketones (excluding diaryl/α,β-unsaturated/α-hetero) is 3. The summed E-state index contributed by atoms with van der Waals surface area (Å²) >= 11 is 0. The number of rotatable bonds is 18. The largest absolute Gasteiger partial charge is 0.508 e. The van der Waals surface area contributed by atoms with Gasteiger partial charge in [0.05, 0.1) is 0 Å². The van der Waals surface area contributed by atoms with Crippen molar-refractivity contribution >= 4 is 17.3 Å². The van der Waals surface area contributed by atoms with Crippen molar-refractivity contribution in [1.29, 1.82) is 0 Å². The van der Waals surface area contributed by atoms with E-state index >= 15 is 13.6 Å². The Hall–Kier alpha value is -4.81. The molecule has 0 amide bonds. The van der Waals surface area contributed by atoms with Gasteiger partial charge in [0, 0.05) is 72.8 Å². The minimum Gasteiger partial charge on any atom is -0.508 e. The van der Waals surface area contributed by atoms with Gasteiger partial charge in [0.25, 0.3) is 0 Å². The van der Waals surface area contributed by atoms with Crippen molar-refractivity contribution in [1.82, 2.24) is 19.6 Å². The first-order valence-electron chi connectivity index (χ1n) is 22.1. The maximum Gasteiger partial charge on any atom is 0.167 e. The predicted molar refractivity (Wildman–Crippen MR) is 240 cm³/mol. The zero-order chi connectivity index (χ0) is 44.7. The molecule has 2 aliphatic rings. The summed E-state index contributed by atoms with van der Waals surface area (Å²) in [5, 5.41) is 21.0. The van der Waals surface area contributed by atoms with Gasteiger partial charge in [0.1, 0.15) is 28.9 Å². The molecule has 0 bridgehead atoms. The van der Waals surface area contributed by atoms with Crippen molar-refractivity contribution in [2.75, 3.05) is 80.5 Å². The Bertz CT molecular complexity index is 2040. The fraction of sp³-hybridized carbons (Fsp3) is 0.471. The summed E-state index contributed by atoms with van der Waals surface area (Å²) in [6.45, 7) is 7.67. The molecule has 0 radical (unpaired) electrons. The molecular weight excluding hydrogens is 787 g/mol. The molecular formula is C51H64F2N4O5. The minimum absolute atomic E-state index is 0.0538. The van der Waals surface area contributed by atoms with Gasteiger partial charge in [0.2, 0.25) is 0 Å². The van der Waals surface area contributed by atoms with E-state index in [0.29, 0.717) is 72.6 Å². The number of benzene rings is 4. The maximum atomic E-state index is 16.2. The van der Waals surface area contributed by atoms with Crippen molar-refractivity contribution in [2.45, 2.75) is 51.4 Å². The molecule has 2 N–H and O–H groups in total. The molecule has 0 spiro atoms. The lowest BCUT2D eigenvalue weighted by Gasteiger charge is -2.48. The number of hydrogen-bond acceptors (Lipinski definition) is 9. The van der Waals surface area contributed by atoms with Crippen LogP contribution in [0.5, 0.6) is 11.5 Å². The van der Waals surface area contributed by atoms with E-state index in [2.05, 4.69) is 19.6 Å². The number of nitrogens with zero attached hydrogens (tertiary/aromatic N) is 4. The number of phenolic OH excluding ortho intramolecular Hbond substituents is 2. The van der Waals surface area contributed by atoms with Gasteiger partial charge < -0.3 is 29.8 Å². The SMILES string of the molecule is Cc1c(F)cccc1C1C(C(=O)c2cccc(O)c2)CN(CCCCN(C)C)CC1C(=O)[C@@H]1CN(CCCCN(C)C)C[C@H](C(=O)c2cccc(O)c2)[C@@H]1c1cccc(F)c1C. The van der Waals surface area contributed by atoms with Gasteiger partial charge in [-0.25, -0.2) is 8.78 Å². The van der Waals surface area contributed by atoms with E-state index in [1.165, 1.54) is 36.4 Å². The highest BCUT2D eigenvalue weighted by Crippen LogP contribution is 2.48. The molecule has 0 aromatic heterocycles. The van der Waals surface area contributed by atoms with Gasteiger partial charge in [-0.3, -0.25) is 14.4 Å². The van der Waals surface area contributed by atoms with Crippen LogP contribution in [-0.4, -0.2) is 128 Å². The van der Waals surface area contributed by atoms with E-state index in [4.69, 9.17) is 0 Å². The van der Waals surface area contributed by atoms with Gasteiger partial charge in [-0.05, 0) is 153 Å². The summed E-state index contributed by atoms with van der Waals surface area (Å²) < 4.78 is 31.4. The normalized spacial score (nSPS) is 22.3. The van der Waals surface area contributed by atoms with E-state index in [1.54, 1.807) is 50.2 Å². The lowest BCUT2D eigenvalue weighted by atomic mass is 9.62. The summed E-state index contributed by atoms with van der Waals surface area (Å²) in [7, 11) is 8.10. The van der Waals surface area contributed by atoms with E-state index in [1.807, 2.05) is 40.3 Å². The molecule has 62 heavy (non-hydrogen) atoms. The second kappa shape index (κ2) is 21.0. The van der Waals surface area contributed by atoms with E-state index in [-0.39, 0.29) is 28.8 Å². The molecule has 2 saturated heterocycles. The Morgan fingerprint density at radius 1 is 0.565 bits per heavy atom. The van der Waals surface area contributed by atoms with E-state index in [0.717, 1.165) is 38.8 Å². The fourth-order valence-corrected chi connectivity index (χ4v) is 10.1. The van der Waals surface area contributed by atoms with Gasteiger partial charge >= 0.3 is 0 Å². The van der Waals surface area contributed by atoms with Crippen molar-refractivity contribution in [3.05, 3.63) is 130 Å². The highest BCUT2D eigenvalue weighted by molar-refractivity contribution is 6.01. The second-order valence-corrected chi connectivity index (χ2v) is 18.2. The zero-order valence-electron chi connectivity index (χ0n) is 37.2. The van der Waals surface area contributed by atoms with E-state index < -0.39 is 47.1 Å². The Morgan fingerprint density at radius 3 is 1.31 bits per heavy atom. The summed E-state index contributed by atoms with van der Waals surface area (Å²) in [6, 6.07) is 22.2. The second-order valence-electron chi connectivity index (χ2n) is 18.2. The van der Waals surface area contributed by atoms with Gasteiger partial charge in [-0.15, -0.1) is 0 Å². The number of hydrogen-bond donors (Lipinski definition) is 2.